The molecule has 0 rings (SSSR count). The Bertz CT molecular complexity index is 169. The molecule has 0 bridgehead atoms. The molecule has 0 saturated carbocycles. The minimum absolute atomic E-state index is 0. The molecule has 9 heteroatoms. The van der Waals surface area contributed by atoms with Gasteiger partial charge in [0.05, 0.1) is 13.2 Å². The second kappa shape index (κ2) is 11.5. The minimum atomic E-state index is -4.08. The van der Waals surface area contributed by atoms with Crippen LogP contribution in [0, 0.1) is 0 Å². The van der Waals surface area contributed by atoms with E-state index in [4.69, 9.17) is 20.0 Å². The van der Waals surface area contributed by atoms with Crippen LogP contribution in [0.1, 0.15) is 2.85 Å². The molecule has 0 heterocycles. The van der Waals surface area contributed by atoms with E-state index in [0.717, 1.165) is 0 Å². The molecule has 0 fully saturated rings. The Morgan fingerprint density at radius 2 is 1.43 bits per heavy atom. The second-order valence-corrected chi connectivity index (χ2v) is 3.98. The van der Waals surface area contributed by atoms with Gasteiger partial charge in [0.2, 0.25) is 0 Å². The number of rotatable bonds is 6. The molecule has 0 aliphatic carbocycles. The summed E-state index contributed by atoms with van der Waals surface area (Å²) in [7, 11) is -4.08. The normalized spacial score (nSPS) is 10.6. The van der Waals surface area contributed by atoms with Gasteiger partial charge in [0.1, 0.15) is 6.29 Å². The summed E-state index contributed by atoms with van der Waals surface area (Å²) in [5.74, 6) is 0. The molecule has 0 radical (unpaired) electrons. The molecule has 0 unspecified atom stereocenters. The van der Waals surface area contributed by atoms with Gasteiger partial charge in [-0.1, -0.05) is 0 Å². The van der Waals surface area contributed by atoms with Gasteiger partial charge in [0.15, 0.2) is 0 Å². The van der Waals surface area contributed by atoms with Crippen LogP contribution >= 0.6 is 7.60 Å². The molecule has 78 valence electrons. The molecule has 0 aromatic heterocycles. The second-order valence-electron chi connectivity index (χ2n) is 2.37. The van der Waals surface area contributed by atoms with E-state index < -0.39 is 13.9 Å². The fourth-order valence-corrected chi connectivity index (χ4v) is 1.60. The van der Waals surface area contributed by atoms with E-state index in [-0.39, 0.29) is 88.3 Å². The summed E-state index contributed by atoms with van der Waals surface area (Å²) < 4.78 is 10.5. The Labute approximate surface area is 130 Å². The first-order valence-corrected chi connectivity index (χ1v) is 5.28. The van der Waals surface area contributed by atoms with Crippen LogP contribution in [0.4, 0.5) is 0 Å². The zero-order valence-corrected chi connectivity index (χ0v) is 13.5. The summed E-state index contributed by atoms with van der Waals surface area (Å²) in [5, 5.41) is 17.0. The van der Waals surface area contributed by atoms with Gasteiger partial charge >= 0.3 is 66.7 Å². The standard InChI is InChI=1S/C5H14NO5P.2Na.2H/c7-3-1-6(2-4-8)5-12(9,10)11;;;;/h7-8H,1-5H2,(H2,9,10,11);;;;/q;2*+1;2*-1. The van der Waals surface area contributed by atoms with E-state index >= 15 is 0 Å². The third-order valence-electron chi connectivity index (χ3n) is 1.22. The molecule has 14 heavy (non-hydrogen) atoms. The summed E-state index contributed by atoms with van der Waals surface area (Å²) in [4.78, 5) is 18.4. The van der Waals surface area contributed by atoms with Gasteiger partial charge in [-0.15, -0.1) is 0 Å². The summed E-state index contributed by atoms with van der Waals surface area (Å²) >= 11 is 0. The molecule has 0 spiro atoms. The molecule has 0 atom stereocenters. The number of hydrogen-bond donors (Lipinski definition) is 4. The zero-order valence-electron chi connectivity index (χ0n) is 10.6. The van der Waals surface area contributed by atoms with Crippen molar-refractivity contribution >= 4 is 7.60 Å². The molecule has 4 N–H and O–H groups in total. The van der Waals surface area contributed by atoms with Gasteiger partial charge in [-0.25, -0.2) is 0 Å². The zero-order chi connectivity index (χ0) is 9.61. The van der Waals surface area contributed by atoms with Crippen molar-refractivity contribution in [3.8, 4) is 0 Å². The van der Waals surface area contributed by atoms with E-state index in [9.17, 15) is 4.57 Å². The van der Waals surface area contributed by atoms with Crippen molar-refractivity contribution in [3.05, 3.63) is 0 Å². The van der Waals surface area contributed by atoms with Crippen molar-refractivity contribution in [2.75, 3.05) is 32.6 Å². The Kier molecular flexibility index (Phi) is 17.5. The Hall–Kier alpha value is 2.03. The molecular weight excluding hydrogens is 231 g/mol. The van der Waals surface area contributed by atoms with Crippen molar-refractivity contribution < 1.29 is 86.5 Å². The van der Waals surface area contributed by atoms with Gasteiger partial charge in [0, 0.05) is 13.1 Å². The van der Waals surface area contributed by atoms with Crippen LogP contribution in [-0.4, -0.2) is 57.5 Å². The maximum atomic E-state index is 10.5. The van der Waals surface area contributed by atoms with Gasteiger partial charge in [-0.2, -0.15) is 0 Å². The van der Waals surface area contributed by atoms with Crippen LogP contribution in [0.5, 0.6) is 0 Å². The van der Waals surface area contributed by atoms with E-state index in [2.05, 4.69) is 0 Å². The molecule has 0 aliphatic rings. The van der Waals surface area contributed by atoms with E-state index in [0.29, 0.717) is 0 Å². The Balaban J connectivity index is -0.000000101. The Morgan fingerprint density at radius 1 is 1.07 bits per heavy atom. The average Bonchev–Trinajstić information content (AvgIpc) is 1.84. The first kappa shape index (κ1) is 21.3. The number of aliphatic hydroxyl groups is 2. The maximum absolute atomic E-state index is 10.5. The van der Waals surface area contributed by atoms with Crippen molar-refractivity contribution in [2.45, 2.75) is 0 Å². The molecule has 0 amide bonds. The van der Waals surface area contributed by atoms with Crippen LogP contribution in [-0.2, 0) is 4.57 Å². The molecule has 6 nitrogen and oxygen atoms in total. The molecule has 0 aliphatic heterocycles. The summed E-state index contributed by atoms with van der Waals surface area (Å²) in [6.45, 7) is -0.0443. The molecule has 0 aromatic carbocycles. The van der Waals surface area contributed by atoms with Crippen LogP contribution in [0.3, 0.4) is 0 Å². The van der Waals surface area contributed by atoms with E-state index in [1.165, 1.54) is 4.90 Å². The van der Waals surface area contributed by atoms with Crippen LogP contribution in [0.25, 0.3) is 0 Å². The van der Waals surface area contributed by atoms with Crippen LogP contribution in [0.2, 0.25) is 0 Å². The fraction of sp³-hybridized carbons (Fsp3) is 1.00. The SMILES string of the molecule is O=P(O)(O)CN(CCO)CCO.[H-].[H-].[Na+].[Na+]. The van der Waals surface area contributed by atoms with E-state index in [1.807, 2.05) is 0 Å². The van der Waals surface area contributed by atoms with Crippen LogP contribution < -0.4 is 59.1 Å². The molecule has 0 aromatic rings. The first-order chi connectivity index (χ1) is 5.49. The predicted molar refractivity (Wildman–Crippen MR) is 44.9 cm³/mol. The molecule has 0 saturated heterocycles. The van der Waals surface area contributed by atoms with Gasteiger partial charge < -0.3 is 22.9 Å². The van der Waals surface area contributed by atoms with Gasteiger partial charge in [-0.3, -0.25) is 9.46 Å². The monoisotopic (exact) mass is 247 g/mol. The summed E-state index contributed by atoms with van der Waals surface area (Å²) in [5.41, 5.74) is 0. The summed E-state index contributed by atoms with van der Waals surface area (Å²) in [6.07, 6.45) is -0.422. The van der Waals surface area contributed by atoms with Gasteiger partial charge in [0.25, 0.3) is 0 Å². The molecular formula is C5H16NNa2O5P. The smallest absolute Gasteiger partial charge is 1.00 e. The fourth-order valence-electron chi connectivity index (χ4n) is 0.797. The predicted octanol–water partition coefficient (Wildman–Crippen LogP) is -7.36. The number of hydrogen-bond acceptors (Lipinski definition) is 4. The minimum Gasteiger partial charge on any atom is -1.00 e. The third kappa shape index (κ3) is 14.0. The third-order valence-corrected chi connectivity index (χ3v) is 1.99. The topological polar surface area (TPSA) is 101 Å². The summed E-state index contributed by atoms with van der Waals surface area (Å²) in [6, 6.07) is 0. The first-order valence-electron chi connectivity index (χ1n) is 3.48. The van der Waals surface area contributed by atoms with E-state index in [1.54, 1.807) is 0 Å². The quantitative estimate of drug-likeness (QED) is 0.275. The van der Waals surface area contributed by atoms with Crippen molar-refractivity contribution in [1.29, 1.82) is 0 Å². The average molecular weight is 247 g/mol. The number of aliphatic hydroxyl groups excluding tert-OH is 2. The maximum Gasteiger partial charge on any atom is 1.00 e. The van der Waals surface area contributed by atoms with Gasteiger partial charge in [-0.05, 0) is 0 Å². The Morgan fingerprint density at radius 3 is 1.64 bits per heavy atom. The van der Waals surface area contributed by atoms with Crippen molar-refractivity contribution in [2.24, 2.45) is 0 Å². The van der Waals surface area contributed by atoms with Crippen LogP contribution in [0.15, 0.2) is 0 Å². The number of nitrogens with zero attached hydrogens (tertiary/aromatic N) is 1. The van der Waals surface area contributed by atoms with Crippen molar-refractivity contribution in [3.63, 3.8) is 0 Å². The van der Waals surface area contributed by atoms with Crippen molar-refractivity contribution in [1.82, 2.24) is 4.90 Å². The largest absolute Gasteiger partial charge is 1.00 e.